The van der Waals surface area contributed by atoms with Gasteiger partial charge in [-0.25, -0.2) is 0 Å². The molecule has 3 aromatic rings. The van der Waals surface area contributed by atoms with Gasteiger partial charge in [-0.1, -0.05) is 36.4 Å². The molecule has 0 unspecified atom stereocenters. The molecule has 2 heterocycles. The fourth-order valence-corrected chi connectivity index (χ4v) is 3.43. The van der Waals surface area contributed by atoms with Gasteiger partial charge in [-0.15, -0.1) is 0 Å². The summed E-state index contributed by atoms with van der Waals surface area (Å²) in [5.74, 6) is 0.901. The van der Waals surface area contributed by atoms with Crippen LogP contribution in [-0.2, 0) is 11.3 Å². The van der Waals surface area contributed by atoms with Crippen molar-refractivity contribution < 1.29 is 9.53 Å². The third-order valence-corrected chi connectivity index (χ3v) is 4.61. The minimum Gasteiger partial charge on any atom is -0.493 e. The van der Waals surface area contributed by atoms with Crippen LogP contribution in [0.4, 0.5) is 0 Å². The van der Waals surface area contributed by atoms with Crippen molar-refractivity contribution >= 4 is 16.8 Å². The number of fused-ring (bicyclic) bond motifs is 2. The molecule has 1 amide bonds. The van der Waals surface area contributed by atoms with Gasteiger partial charge in [-0.3, -0.25) is 4.79 Å². The van der Waals surface area contributed by atoms with Crippen molar-refractivity contribution in [3.8, 4) is 5.75 Å². The SMILES string of the molecule is Cc1cc2ccccc2n1CC(=O)N[C@H]1CCOc2ccccc21. The van der Waals surface area contributed by atoms with Crippen molar-refractivity contribution in [3.63, 3.8) is 0 Å². The van der Waals surface area contributed by atoms with Crippen molar-refractivity contribution in [2.75, 3.05) is 6.61 Å². The molecule has 122 valence electrons. The van der Waals surface area contributed by atoms with Crippen LogP contribution in [-0.4, -0.2) is 17.1 Å². The van der Waals surface area contributed by atoms with Crippen LogP contribution in [0.2, 0.25) is 0 Å². The Morgan fingerprint density at radius 1 is 1.21 bits per heavy atom. The van der Waals surface area contributed by atoms with E-state index in [1.165, 1.54) is 5.39 Å². The van der Waals surface area contributed by atoms with Crippen molar-refractivity contribution in [1.29, 1.82) is 0 Å². The van der Waals surface area contributed by atoms with E-state index in [9.17, 15) is 4.79 Å². The van der Waals surface area contributed by atoms with Crippen molar-refractivity contribution in [2.24, 2.45) is 0 Å². The van der Waals surface area contributed by atoms with Crippen molar-refractivity contribution in [3.05, 3.63) is 65.9 Å². The van der Waals surface area contributed by atoms with Gasteiger partial charge < -0.3 is 14.6 Å². The zero-order chi connectivity index (χ0) is 16.5. The number of benzene rings is 2. The summed E-state index contributed by atoms with van der Waals surface area (Å²) >= 11 is 0. The lowest BCUT2D eigenvalue weighted by atomic mass is 10.0. The number of carbonyl (C=O) groups excluding carboxylic acids is 1. The molecule has 0 bridgehead atoms. The summed E-state index contributed by atoms with van der Waals surface area (Å²) in [7, 11) is 0. The van der Waals surface area contributed by atoms with E-state index in [-0.39, 0.29) is 11.9 Å². The molecule has 4 heteroatoms. The Morgan fingerprint density at radius 3 is 2.92 bits per heavy atom. The number of para-hydroxylation sites is 2. The van der Waals surface area contributed by atoms with Crippen LogP contribution >= 0.6 is 0 Å². The number of hydrogen-bond acceptors (Lipinski definition) is 2. The zero-order valence-corrected chi connectivity index (χ0v) is 13.7. The number of nitrogens with one attached hydrogen (secondary N) is 1. The van der Waals surface area contributed by atoms with Gasteiger partial charge in [-0.2, -0.15) is 0 Å². The van der Waals surface area contributed by atoms with Crippen molar-refractivity contribution in [1.82, 2.24) is 9.88 Å². The first-order valence-corrected chi connectivity index (χ1v) is 8.28. The summed E-state index contributed by atoms with van der Waals surface area (Å²) < 4.78 is 7.73. The number of amides is 1. The topological polar surface area (TPSA) is 43.3 Å². The van der Waals surface area contributed by atoms with Gasteiger partial charge >= 0.3 is 0 Å². The zero-order valence-electron chi connectivity index (χ0n) is 13.7. The van der Waals surface area contributed by atoms with E-state index in [1.807, 2.05) is 43.3 Å². The average Bonchev–Trinajstić information content (AvgIpc) is 2.91. The largest absolute Gasteiger partial charge is 0.493 e. The van der Waals surface area contributed by atoms with Gasteiger partial charge in [-0.05, 0) is 30.5 Å². The van der Waals surface area contributed by atoms with Crippen LogP contribution in [0.5, 0.6) is 5.75 Å². The summed E-state index contributed by atoms with van der Waals surface area (Å²) in [6, 6.07) is 18.2. The number of aromatic nitrogens is 1. The minimum absolute atomic E-state index is 0.0181. The maximum atomic E-state index is 12.6. The minimum atomic E-state index is 0.0181. The van der Waals surface area contributed by atoms with Crippen LogP contribution in [0.25, 0.3) is 10.9 Å². The first-order chi connectivity index (χ1) is 11.7. The second kappa shape index (κ2) is 6.04. The molecule has 0 fully saturated rings. The summed E-state index contributed by atoms with van der Waals surface area (Å²) in [5.41, 5.74) is 3.25. The third-order valence-electron chi connectivity index (χ3n) is 4.61. The molecular weight excluding hydrogens is 300 g/mol. The molecular formula is C20H20N2O2. The summed E-state index contributed by atoms with van der Waals surface area (Å²) in [4.78, 5) is 12.6. The molecule has 0 saturated heterocycles. The standard InChI is InChI=1S/C20H20N2O2/c1-14-12-15-6-2-4-8-18(15)22(14)13-20(23)21-17-10-11-24-19-9-5-3-7-16(17)19/h2-9,12,17H,10-11,13H2,1H3,(H,21,23)/t17-/m0/s1. The predicted octanol–water partition coefficient (Wildman–Crippen LogP) is 3.59. The lowest BCUT2D eigenvalue weighted by Gasteiger charge is -2.26. The van der Waals surface area contributed by atoms with Gasteiger partial charge in [0.2, 0.25) is 5.91 Å². The quantitative estimate of drug-likeness (QED) is 0.801. The van der Waals surface area contributed by atoms with Crippen LogP contribution in [0, 0.1) is 6.92 Å². The molecule has 4 nitrogen and oxygen atoms in total. The van der Waals surface area contributed by atoms with Crippen LogP contribution in [0.15, 0.2) is 54.6 Å². The molecule has 0 radical (unpaired) electrons. The lowest BCUT2D eigenvalue weighted by Crippen LogP contribution is -2.34. The summed E-state index contributed by atoms with van der Waals surface area (Å²) in [6.45, 7) is 3.00. The first-order valence-electron chi connectivity index (χ1n) is 8.28. The van der Waals surface area contributed by atoms with Crippen molar-refractivity contribution in [2.45, 2.75) is 25.9 Å². The molecule has 1 aliphatic heterocycles. The number of hydrogen-bond donors (Lipinski definition) is 1. The van der Waals surface area contributed by atoms with Crippen LogP contribution in [0.1, 0.15) is 23.7 Å². The highest BCUT2D eigenvalue weighted by Gasteiger charge is 2.22. The van der Waals surface area contributed by atoms with E-state index >= 15 is 0 Å². The normalized spacial score (nSPS) is 16.5. The van der Waals surface area contributed by atoms with E-state index in [4.69, 9.17) is 4.74 Å². The first kappa shape index (κ1) is 14.8. The fraction of sp³-hybridized carbons (Fsp3) is 0.250. The number of ether oxygens (including phenoxy) is 1. The van der Waals surface area contributed by atoms with E-state index in [0.29, 0.717) is 13.2 Å². The number of aryl methyl sites for hydroxylation is 1. The molecule has 1 aromatic heterocycles. The Kier molecular flexibility index (Phi) is 3.73. The summed E-state index contributed by atoms with van der Waals surface area (Å²) in [6.07, 6.45) is 0.800. The average molecular weight is 320 g/mol. The van der Waals surface area contributed by atoms with E-state index in [0.717, 1.165) is 28.9 Å². The maximum Gasteiger partial charge on any atom is 0.240 e. The van der Waals surface area contributed by atoms with Crippen LogP contribution in [0.3, 0.4) is 0 Å². The van der Waals surface area contributed by atoms with Gasteiger partial charge in [0.15, 0.2) is 0 Å². The Morgan fingerprint density at radius 2 is 2.00 bits per heavy atom. The lowest BCUT2D eigenvalue weighted by molar-refractivity contribution is -0.122. The van der Waals surface area contributed by atoms with E-state index in [1.54, 1.807) is 0 Å². The van der Waals surface area contributed by atoms with Gasteiger partial charge in [0.1, 0.15) is 12.3 Å². The van der Waals surface area contributed by atoms with Gasteiger partial charge in [0, 0.05) is 23.2 Å². The highest BCUT2D eigenvalue weighted by Crippen LogP contribution is 2.31. The number of carbonyl (C=O) groups is 1. The molecule has 1 aliphatic rings. The molecule has 4 rings (SSSR count). The molecule has 1 N–H and O–H groups in total. The molecule has 0 aliphatic carbocycles. The number of nitrogens with zero attached hydrogens (tertiary/aromatic N) is 1. The third kappa shape index (κ3) is 2.64. The molecule has 2 aromatic carbocycles. The second-order valence-corrected chi connectivity index (χ2v) is 6.23. The van der Waals surface area contributed by atoms with E-state index in [2.05, 4.69) is 28.1 Å². The highest BCUT2D eigenvalue weighted by atomic mass is 16.5. The Balaban J connectivity index is 1.54. The molecule has 0 spiro atoms. The fourth-order valence-electron chi connectivity index (χ4n) is 3.43. The second-order valence-electron chi connectivity index (χ2n) is 6.23. The summed E-state index contributed by atoms with van der Waals surface area (Å²) in [5, 5.41) is 4.33. The molecule has 1 atom stereocenters. The Bertz CT molecular complexity index is 898. The smallest absolute Gasteiger partial charge is 0.240 e. The molecule has 24 heavy (non-hydrogen) atoms. The highest BCUT2D eigenvalue weighted by molar-refractivity contribution is 5.84. The van der Waals surface area contributed by atoms with E-state index < -0.39 is 0 Å². The van der Waals surface area contributed by atoms with Crippen LogP contribution < -0.4 is 10.1 Å². The monoisotopic (exact) mass is 320 g/mol. The Hall–Kier alpha value is -2.75. The van der Waals surface area contributed by atoms with Gasteiger partial charge in [0.05, 0.1) is 12.6 Å². The Labute approximate surface area is 141 Å². The van der Waals surface area contributed by atoms with Gasteiger partial charge in [0.25, 0.3) is 0 Å². The number of rotatable bonds is 3. The maximum absolute atomic E-state index is 12.6. The predicted molar refractivity (Wildman–Crippen MR) is 94.1 cm³/mol. The molecule has 0 saturated carbocycles.